The first-order chi connectivity index (χ1) is 8.31. The average molecular weight is 260 g/mol. The van der Waals surface area contributed by atoms with Crippen LogP contribution in [0.1, 0.15) is 33.1 Å². The standard InChI is InChI=1S/C8H14O3.C4H6O3/c1-7(2)8(10)11-6-4-3-5-9;1-3(5)2-4(6)7/h9H,1,3-6H2,2H3;2H2,1H3,(H,6,7). The molecule has 0 aliphatic rings. The smallest absolute Gasteiger partial charge is 0.333 e. The Balaban J connectivity index is 0. The van der Waals surface area contributed by atoms with Gasteiger partial charge in [-0.15, -0.1) is 0 Å². The van der Waals surface area contributed by atoms with Gasteiger partial charge in [0.1, 0.15) is 12.2 Å². The number of aliphatic hydroxyl groups is 1. The molecule has 0 aromatic carbocycles. The summed E-state index contributed by atoms with van der Waals surface area (Å²) >= 11 is 0. The molecule has 0 spiro atoms. The molecule has 0 atom stereocenters. The van der Waals surface area contributed by atoms with Crippen molar-refractivity contribution in [1.82, 2.24) is 0 Å². The number of hydrogen-bond donors (Lipinski definition) is 2. The fourth-order valence-electron chi connectivity index (χ4n) is 0.715. The second-order valence-corrected chi connectivity index (χ2v) is 3.62. The number of carboxylic acids is 1. The van der Waals surface area contributed by atoms with Gasteiger partial charge in [-0.05, 0) is 26.7 Å². The van der Waals surface area contributed by atoms with Crippen molar-refractivity contribution < 1.29 is 29.3 Å². The van der Waals surface area contributed by atoms with Crippen LogP contribution in [0.5, 0.6) is 0 Å². The highest BCUT2D eigenvalue weighted by Gasteiger charge is 2.00. The lowest BCUT2D eigenvalue weighted by Gasteiger charge is -2.01. The molecule has 0 aromatic rings. The molecule has 0 radical (unpaired) electrons. The lowest BCUT2D eigenvalue weighted by atomic mass is 10.3. The Hall–Kier alpha value is -1.69. The highest BCUT2D eigenvalue weighted by Crippen LogP contribution is 1.94. The van der Waals surface area contributed by atoms with Crippen LogP contribution in [-0.4, -0.2) is 41.1 Å². The van der Waals surface area contributed by atoms with E-state index in [-0.39, 0.29) is 24.8 Å². The quantitative estimate of drug-likeness (QED) is 0.305. The van der Waals surface area contributed by atoms with Crippen LogP contribution in [0.25, 0.3) is 0 Å². The van der Waals surface area contributed by atoms with E-state index in [2.05, 4.69) is 6.58 Å². The maximum absolute atomic E-state index is 10.7. The van der Waals surface area contributed by atoms with Gasteiger partial charge in [-0.25, -0.2) is 4.79 Å². The molecule has 0 aliphatic carbocycles. The van der Waals surface area contributed by atoms with E-state index in [1.54, 1.807) is 6.92 Å². The van der Waals surface area contributed by atoms with Crippen LogP contribution in [0.4, 0.5) is 0 Å². The first-order valence-electron chi connectivity index (χ1n) is 5.46. The van der Waals surface area contributed by atoms with E-state index < -0.39 is 5.97 Å². The zero-order chi connectivity index (χ0) is 14.6. The summed E-state index contributed by atoms with van der Waals surface area (Å²) in [5, 5.41) is 16.2. The number of aliphatic carboxylic acids is 1. The molecular weight excluding hydrogens is 240 g/mol. The Bertz CT molecular complexity index is 283. The zero-order valence-corrected chi connectivity index (χ0v) is 10.8. The average Bonchev–Trinajstić information content (AvgIpc) is 2.22. The molecule has 0 saturated heterocycles. The van der Waals surface area contributed by atoms with E-state index >= 15 is 0 Å². The minimum Gasteiger partial charge on any atom is -0.481 e. The normalized spacial score (nSPS) is 8.83. The molecular formula is C12H20O6. The fourth-order valence-corrected chi connectivity index (χ4v) is 0.715. The largest absolute Gasteiger partial charge is 0.481 e. The third-order valence-corrected chi connectivity index (χ3v) is 1.53. The van der Waals surface area contributed by atoms with Gasteiger partial charge in [-0.1, -0.05) is 6.58 Å². The molecule has 0 aromatic heterocycles. The number of rotatable bonds is 7. The molecule has 0 aliphatic heterocycles. The lowest BCUT2D eigenvalue weighted by Crippen LogP contribution is -2.06. The maximum Gasteiger partial charge on any atom is 0.333 e. The molecule has 0 rings (SSSR count). The molecule has 104 valence electrons. The number of ketones is 1. The van der Waals surface area contributed by atoms with Gasteiger partial charge in [0.2, 0.25) is 0 Å². The molecule has 0 amide bonds. The van der Waals surface area contributed by atoms with Crippen LogP contribution in [0.2, 0.25) is 0 Å². The van der Waals surface area contributed by atoms with Gasteiger partial charge in [0.25, 0.3) is 0 Å². The van der Waals surface area contributed by atoms with Crippen molar-refractivity contribution in [1.29, 1.82) is 0 Å². The fraction of sp³-hybridized carbons (Fsp3) is 0.583. The first-order valence-corrected chi connectivity index (χ1v) is 5.46. The summed E-state index contributed by atoms with van der Waals surface area (Å²) in [7, 11) is 0. The second-order valence-electron chi connectivity index (χ2n) is 3.62. The highest BCUT2D eigenvalue weighted by molar-refractivity contribution is 5.93. The van der Waals surface area contributed by atoms with Crippen LogP contribution >= 0.6 is 0 Å². The number of ether oxygens (including phenoxy) is 1. The van der Waals surface area contributed by atoms with Gasteiger partial charge >= 0.3 is 11.9 Å². The molecule has 18 heavy (non-hydrogen) atoms. The molecule has 6 heteroatoms. The van der Waals surface area contributed by atoms with Crippen molar-refractivity contribution >= 4 is 17.7 Å². The van der Waals surface area contributed by atoms with Crippen LogP contribution in [0.3, 0.4) is 0 Å². The van der Waals surface area contributed by atoms with Gasteiger partial charge in [-0.3, -0.25) is 9.59 Å². The van der Waals surface area contributed by atoms with E-state index in [4.69, 9.17) is 14.9 Å². The Labute approximate surface area is 106 Å². The van der Waals surface area contributed by atoms with Crippen molar-refractivity contribution in [2.24, 2.45) is 0 Å². The minimum absolute atomic E-state index is 0.143. The van der Waals surface area contributed by atoms with Gasteiger partial charge in [0, 0.05) is 12.2 Å². The summed E-state index contributed by atoms with van der Waals surface area (Å²) in [5.74, 6) is -1.73. The summed E-state index contributed by atoms with van der Waals surface area (Å²) in [6, 6.07) is 0. The number of carboxylic acid groups (broad SMARTS) is 1. The summed E-state index contributed by atoms with van der Waals surface area (Å²) in [4.78, 5) is 30.2. The number of carbonyl (C=O) groups is 3. The topological polar surface area (TPSA) is 101 Å². The van der Waals surface area contributed by atoms with Crippen LogP contribution in [-0.2, 0) is 19.1 Å². The lowest BCUT2D eigenvalue weighted by molar-refractivity contribution is -0.140. The Morgan fingerprint density at radius 1 is 1.17 bits per heavy atom. The van der Waals surface area contributed by atoms with E-state index in [0.29, 0.717) is 25.0 Å². The summed E-state index contributed by atoms with van der Waals surface area (Å²) < 4.78 is 4.76. The van der Waals surface area contributed by atoms with Crippen molar-refractivity contribution in [3.8, 4) is 0 Å². The molecule has 0 heterocycles. The first kappa shape index (κ1) is 18.7. The predicted octanol–water partition coefficient (Wildman–Crippen LogP) is 0.928. The van der Waals surface area contributed by atoms with Crippen LogP contribution < -0.4 is 0 Å². The SMILES string of the molecule is C=C(C)C(=O)OCCCCO.CC(=O)CC(=O)O. The molecule has 0 bridgehead atoms. The molecule has 6 nitrogen and oxygen atoms in total. The summed E-state index contributed by atoms with van der Waals surface area (Å²) in [6.07, 6.45) is 1.01. The summed E-state index contributed by atoms with van der Waals surface area (Å²) in [5.41, 5.74) is 0.411. The van der Waals surface area contributed by atoms with E-state index in [0.717, 1.165) is 0 Å². The van der Waals surface area contributed by atoms with Gasteiger partial charge in [0.05, 0.1) is 6.61 Å². The van der Waals surface area contributed by atoms with Crippen molar-refractivity contribution in [2.45, 2.75) is 33.1 Å². The van der Waals surface area contributed by atoms with E-state index in [1.165, 1.54) is 6.92 Å². The predicted molar refractivity (Wildman–Crippen MR) is 65.0 cm³/mol. The third kappa shape index (κ3) is 16.7. The third-order valence-electron chi connectivity index (χ3n) is 1.53. The van der Waals surface area contributed by atoms with Crippen molar-refractivity contribution in [3.63, 3.8) is 0 Å². The second kappa shape index (κ2) is 11.8. The van der Waals surface area contributed by atoms with Gasteiger partial charge in [0.15, 0.2) is 0 Å². The highest BCUT2D eigenvalue weighted by atomic mass is 16.5. The number of esters is 1. The van der Waals surface area contributed by atoms with Gasteiger partial charge < -0.3 is 14.9 Å². The Morgan fingerprint density at radius 2 is 1.72 bits per heavy atom. The van der Waals surface area contributed by atoms with Crippen molar-refractivity contribution in [2.75, 3.05) is 13.2 Å². The molecule has 2 N–H and O–H groups in total. The number of unbranched alkanes of at least 4 members (excludes halogenated alkanes) is 1. The molecule has 0 unspecified atom stereocenters. The van der Waals surface area contributed by atoms with Crippen molar-refractivity contribution in [3.05, 3.63) is 12.2 Å². The van der Waals surface area contributed by atoms with E-state index in [9.17, 15) is 14.4 Å². The monoisotopic (exact) mass is 260 g/mol. The van der Waals surface area contributed by atoms with Crippen LogP contribution in [0, 0.1) is 0 Å². The number of Topliss-reactive ketones (excluding diaryl/α,β-unsaturated/α-hetero) is 1. The van der Waals surface area contributed by atoms with Gasteiger partial charge in [-0.2, -0.15) is 0 Å². The molecule has 0 fully saturated rings. The summed E-state index contributed by atoms with van der Waals surface area (Å²) in [6.45, 7) is 6.79. The minimum atomic E-state index is -1.06. The van der Waals surface area contributed by atoms with Crippen LogP contribution in [0.15, 0.2) is 12.2 Å². The molecule has 0 saturated carbocycles. The zero-order valence-electron chi connectivity index (χ0n) is 10.8. The maximum atomic E-state index is 10.7. The Morgan fingerprint density at radius 3 is 2.00 bits per heavy atom. The number of carbonyl (C=O) groups excluding carboxylic acids is 2. The number of aliphatic hydroxyl groups excluding tert-OH is 1. The van der Waals surface area contributed by atoms with E-state index in [1.807, 2.05) is 0 Å². The number of hydrogen-bond acceptors (Lipinski definition) is 5. The Kier molecular flexibility index (Phi) is 12.2.